The van der Waals surface area contributed by atoms with Crippen LogP contribution in [0.15, 0.2) is 40.2 Å². The lowest BCUT2D eigenvalue weighted by atomic mass is 10.1. The number of nitrogens with zero attached hydrogens (tertiary/aromatic N) is 2. The highest BCUT2D eigenvalue weighted by Gasteiger charge is 2.35. The molecule has 0 radical (unpaired) electrons. The molecule has 1 aromatic rings. The Kier molecular flexibility index (Phi) is 10.4. The maximum Gasteiger partial charge on any atom is 0.243 e. The largest absolute Gasteiger partial charge is 0.357 e. The van der Waals surface area contributed by atoms with Crippen molar-refractivity contribution in [3.8, 4) is 0 Å². The van der Waals surface area contributed by atoms with Crippen molar-refractivity contribution in [2.75, 3.05) is 33.7 Å². The molecule has 7 heteroatoms. The zero-order valence-electron chi connectivity index (χ0n) is 16.0. The van der Waals surface area contributed by atoms with Gasteiger partial charge in [-0.25, -0.2) is 4.99 Å². The van der Waals surface area contributed by atoms with Gasteiger partial charge < -0.3 is 15.5 Å². The van der Waals surface area contributed by atoms with Gasteiger partial charge in [0, 0.05) is 36.8 Å². The van der Waals surface area contributed by atoms with E-state index in [0.29, 0.717) is 0 Å². The number of amides is 1. The predicted molar refractivity (Wildman–Crippen MR) is 122 cm³/mol. The standard InChI is InChI=1S/C19H30N4OS.HI/c1-4-20-18(21-14-17(24)23(2)3)22-15-19(12-8-9-13-19)25-16-10-6-5-7-11-16;/h5-7,10-11H,4,8-9,12-15H2,1-3H3,(H2,20,21,22);1H. The first kappa shape index (κ1) is 23.1. The molecule has 0 aliphatic heterocycles. The van der Waals surface area contributed by atoms with Crippen LogP contribution in [0.25, 0.3) is 0 Å². The molecule has 146 valence electrons. The number of likely N-dealkylation sites (N-methyl/N-ethyl adjacent to an activating group) is 1. The molecule has 0 saturated heterocycles. The number of carbonyl (C=O) groups is 1. The van der Waals surface area contributed by atoms with Crippen LogP contribution in [-0.2, 0) is 4.79 Å². The molecule has 0 spiro atoms. The van der Waals surface area contributed by atoms with Crippen molar-refractivity contribution in [3.05, 3.63) is 30.3 Å². The maximum atomic E-state index is 11.8. The Morgan fingerprint density at radius 1 is 1.19 bits per heavy atom. The molecule has 0 aromatic heterocycles. The van der Waals surface area contributed by atoms with E-state index in [4.69, 9.17) is 0 Å². The second kappa shape index (κ2) is 11.7. The van der Waals surface area contributed by atoms with E-state index in [-0.39, 0.29) is 41.2 Å². The van der Waals surface area contributed by atoms with Crippen molar-refractivity contribution in [3.63, 3.8) is 0 Å². The molecule has 1 aliphatic rings. The van der Waals surface area contributed by atoms with Crippen molar-refractivity contribution < 1.29 is 4.79 Å². The molecule has 0 atom stereocenters. The Morgan fingerprint density at radius 3 is 2.42 bits per heavy atom. The summed E-state index contributed by atoms with van der Waals surface area (Å²) in [7, 11) is 3.50. The minimum absolute atomic E-state index is 0. The van der Waals surface area contributed by atoms with Crippen molar-refractivity contribution >= 4 is 47.6 Å². The lowest BCUT2D eigenvalue weighted by Gasteiger charge is -2.29. The Morgan fingerprint density at radius 2 is 1.85 bits per heavy atom. The number of carbonyl (C=O) groups excluding carboxylic acids is 1. The molecular formula is C19H31IN4OS. The van der Waals surface area contributed by atoms with Crippen molar-refractivity contribution in [1.29, 1.82) is 0 Å². The van der Waals surface area contributed by atoms with Gasteiger partial charge in [-0.2, -0.15) is 0 Å². The van der Waals surface area contributed by atoms with Gasteiger partial charge in [-0.1, -0.05) is 31.0 Å². The van der Waals surface area contributed by atoms with Crippen LogP contribution < -0.4 is 10.6 Å². The van der Waals surface area contributed by atoms with E-state index in [2.05, 4.69) is 46.0 Å². The number of aliphatic imine (C=N–C) groups is 1. The Bertz CT molecular complexity index is 574. The summed E-state index contributed by atoms with van der Waals surface area (Å²) in [5, 5.41) is 6.71. The fourth-order valence-electron chi connectivity index (χ4n) is 2.95. The second-order valence-corrected chi connectivity index (χ2v) is 8.18. The minimum atomic E-state index is 0. The van der Waals surface area contributed by atoms with E-state index in [1.165, 1.54) is 30.6 Å². The van der Waals surface area contributed by atoms with Crippen LogP contribution in [0.5, 0.6) is 0 Å². The lowest BCUT2D eigenvalue weighted by molar-refractivity contribution is -0.127. The molecule has 5 nitrogen and oxygen atoms in total. The van der Waals surface area contributed by atoms with Gasteiger partial charge in [-0.05, 0) is 31.9 Å². The summed E-state index contributed by atoms with van der Waals surface area (Å²) in [6.45, 7) is 3.84. The van der Waals surface area contributed by atoms with Crippen LogP contribution >= 0.6 is 35.7 Å². The summed E-state index contributed by atoms with van der Waals surface area (Å²) < 4.78 is 0.198. The van der Waals surface area contributed by atoms with Gasteiger partial charge in [-0.15, -0.1) is 35.7 Å². The number of benzene rings is 1. The van der Waals surface area contributed by atoms with E-state index in [1.807, 2.05) is 18.7 Å². The molecule has 1 saturated carbocycles. The van der Waals surface area contributed by atoms with E-state index in [0.717, 1.165) is 19.0 Å². The van der Waals surface area contributed by atoms with Crippen molar-refractivity contribution in [1.82, 2.24) is 15.5 Å². The van der Waals surface area contributed by atoms with E-state index >= 15 is 0 Å². The van der Waals surface area contributed by atoms with Gasteiger partial charge in [0.1, 0.15) is 6.54 Å². The number of thioether (sulfide) groups is 1. The van der Waals surface area contributed by atoms with Crippen LogP contribution in [-0.4, -0.2) is 55.2 Å². The highest BCUT2D eigenvalue weighted by Crippen LogP contribution is 2.44. The normalized spacial score (nSPS) is 15.9. The minimum Gasteiger partial charge on any atom is -0.357 e. The molecule has 0 heterocycles. The van der Waals surface area contributed by atoms with Gasteiger partial charge in [0.25, 0.3) is 0 Å². The first-order valence-corrected chi connectivity index (χ1v) is 9.83. The van der Waals surface area contributed by atoms with Crippen LogP contribution in [0.4, 0.5) is 0 Å². The average molecular weight is 490 g/mol. The van der Waals surface area contributed by atoms with E-state index in [9.17, 15) is 4.79 Å². The second-order valence-electron chi connectivity index (χ2n) is 6.64. The molecule has 1 amide bonds. The molecule has 2 N–H and O–H groups in total. The molecular weight excluding hydrogens is 459 g/mol. The third-order valence-corrected chi connectivity index (χ3v) is 5.88. The molecule has 2 rings (SSSR count). The topological polar surface area (TPSA) is 56.7 Å². The summed E-state index contributed by atoms with van der Waals surface area (Å²) in [6, 6.07) is 10.6. The summed E-state index contributed by atoms with van der Waals surface area (Å²) in [5.41, 5.74) is 0. The summed E-state index contributed by atoms with van der Waals surface area (Å²) in [4.78, 5) is 19.1. The first-order valence-electron chi connectivity index (χ1n) is 9.01. The Hall–Kier alpha value is -0.960. The number of guanidine groups is 1. The van der Waals surface area contributed by atoms with Gasteiger partial charge >= 0.3 is 0 Å². The molecule has 1 aliphatic carbocycles. The number of nitrogens with one attached hydrogen (secondary N) is 2. The SMILES string of the molecule is CCNC(=NCC(=O)N(C)C)NCC1(Sc2ccccc2)CCCC1.I. The maximum absolute atomic E-state index is 11.8. The third-order valence-electron chi connectivity index (χ3n) is 4.39. The highest BCUT2D eigenvalue weighted by molar-refractivity contribution is 14.0. The molecule has 26 heavy (non-hydrogen) atoms. The van der Waals surface area contributed by atoms with Crippen LogP contribution in [0, 0.1) is 0 Å². The highest BCUT2D eigenvalue weighted by atomic mass is 127. The van der Waals surface area contributed by atoms with Gasteiger partial charge in [0.2, 0.25) is 5.91 Å². The number of rotatable bonds is 7. The molecule has 1 fully saturated rings. The lowest BCUT2D eigenvalue weighted by Crippen LogP contribution is -2.45. The Balaban J connectivity index is 0.00000338. The van der Waals surface area contributed by atoms with Gasteiger partial charge in [0.15, 0.2) is 5.96 Å². The fraction of sp³-hybridized carbons (Fsp3) is 0.579. The number of hydrogen-bond acceptors (Lipinski definition) is 3. The fourth-order valence-corrected chi connectivity index (χ4v) is 4.38. The van der Waals surface area contributed by atoms with E-state index < -0.39 is 0 Å². The molecule has 0 unspecified atom stereocenters. The Labute approximate surface area is 178 Å². The van der Waals surface area contributed by atoms with Crippen molar-refractivity contribution in [2.24, 2.45) is 4.99 Å². The van der Waals surface area contributed by atoms with Gasteiger partial charge in [-0.3, -0.25) is 4.79 Å². The van der Waals surface area contributed by atoms with Crippen LogP contribution in [0.2, 0.25) is 0 Å². The van der Waals surface area contributed by atoms with Gasteiger partial charge in [0.05, 0.1) is 0 Å². The van der Waals surface area contributed by atoms with Crippen molar-refractivity contribution in [2.45, 2.75) is 42.2 Å². The van der Waals surface area contributed by atoms with Crippen LogP contribution in [0.3, 0.4) is 0 Å². The average Bonchev–Trinajstić information content (AvgIpc) is 3.06. The predicted octanol–water partition coefficient (Wildman–Crippen LogP) is 3.35. The first-order chi connectivity index (χ1) is 12.0. The molecule has 0 bridgehead atoms. The van der Waals surface area contributed by atoms with Crippen LogP contribution in [0.1, 0.15) is 32.6 Å². The van der Waals surface area contributed by atoms with E-state index in [1.54, 1.807) is 19.0 Å². The summed E-state index contributed by atoms with van der Waals surface area (Å²) in [5.74, 6) is 0.726. The number of hydrogen-bond donors (Lipinski definition) is 2. The third kappa shape index (κ3) is 7.34. The smallest absolute Gasteiger partial charge is 0.243 e. The zero-order chi connectivity index (χ0) is 18.1. The quantitative estimate of drug-likeness (QED) is 0.350. The summed E-state index contributed by atoms with van der Waals surface area (Å²) >= 11 is 1.97. The molecule has 1 aromatic carbocycles. The monoisotopic (exact) mass is 490 g/mol. The zero-order valence-corrected chi connectivity index (χ0v) is 19.1. The number of halogens is 1. The summed E-state index contributed by atoms with van der Waals surface area (Å²) in [6.07, 6.45) is 4.95.